The topological polar surface area (TPSA) is 69.4 Å². The Morgan fingerprint density at radius 2 is 1.77 bits per heavy atom. The SMILES string of the molecule is COc1ccc([C@@H]2CC(=O)C[C@@H](/C=C/c3ccccc3)[C@H]2[N+](=O)[O-])cc1. The zero-order valence-electron chi connectivity index (χ0n) is 14.6. The summed E-state index contributed by atoms with van der Waals surface area (Å²) in [6, 6.07) is 16.0. The summed E-state index contributed by atoms with van der Waals surface area (Å²) in [4.78, 5) is 23.9. The standard InChI is InChI=1S/C21H21NO4/c1-26-19-11-9-16(10-12-19)20-14-18(23)13-17(21(20)22(24)25)8-7-15-5-3-2-4-6-15/h2-12,17,20-21H,13-14H2,1H3/b8-7+/t17-,20+,21-/m1/s1. The van der Waals surface area contributed by atoms with Crippen LogP contribution in [0.15, 0.2) is 60.7 Å². The molecule has 0 aliphatic heterocycles. The van der Waals surface area contributed by atoms with E-state index in [4.69, 9.17) is 4.74 Å². The highest BCUT2D eigenvalue weighted by Crippen LogP contribution is 2.38. The maximum atomic E-state index is 12.3. The van der Waals surface area contributed by atoms with Crippen molar-refractivity contribution in [3.05, 3.63) is 81.9 Å². The fourth-order valence-electron chi connectivity index (χ4n) is 3.58. The van der Waals surface area contributed by atoms with Crippen LogP contribution in [0.5, 0.6) is 5.75 Å². The first kappa shape index (κ1) is 17.9. The molecule has 1 saturated carbocycles. The number of ketones is 1. The third-order valence-electron chi connectivity index (χ3n) is 4.88. The molecule has 1 aliphatic carbocycles. The Kier molecular flexibility index (Phi) is 5.46. The lowest BCUT2D eigenvalue weighted by atomic mass is 9.73. The monoisotopic (exact) mass is 351 g/mol. The molecule has 1 fully saturated rings. The molecule has 0 radical (unpaired) electrons. The number of nitro groups is 1. The fraction of sp³-hybridized carbons (Fsp3) is 0.286. The van der Waals surface area contributed by atoms with Crippen LogP contribution in [0.4, 0.5) is 0 Å². The molecule has 0 bridgehead atoms. The highest BCUT2D eigenvalue weighted by atomic mass is 16.6. The van der Waals surface area contributed by atoms with Crippen molar-refractivity contribution in [2.24, 2.45) is 5.92 Å². The van der Waals surface area contributed by atoms with Gasteiger partial charge in [-0.05, 0) is 23.3 Å². The Morgan fingerprint density at radius 3 is 2.38 bits per heavy atom. The minimum Gasteiger partial charge on any atom is -0.497 e. The summed E-state index contributed by atoms with van der Waals surface area (Å²) in [5.41, 5.74) is 1.77. The van der Waals surface area contributed by atoms with Gasteiger partial charge in [-0.25, -0.2) is 0 Å². The second-order valence-corrected chi connectivity index (χ2v) is 6.54. The van der Waals surface area contributed by atoms with Gasteiger partial charge in [0.25, 0.3) is 0 Å². The number of ether oxygens (including phenoxy) is 1. The number of methoxy groups -OCH3 is 1. The molecule has 5 heteroatoms. The van der Waals surface area contributed by atoms with Crippen LogP contribution in [0.2, 0.25) is 0 Å². The summed E-state index contributed by atoms with van der Waals surface area (Å²) in [5.74, 6) is -0.0955. The van der Waals surface area contributed by atoms with Crippen LogP contribution >= 0.6 is 0 Å². The second kappa shape index (κ2) is 7.95. The van der Waals surface area contributed by atoms with Crippen LogP contribution in [0.3, 0.4) is 0 Å². The van der Waals surface area contributed by atoms with Crippen molar-refractivity contribution in [1.82, 2.24) is 0 Å². The van der Waals surface area contributed by atoms with Gasteiger partial charge in [-0.2, -0.15) is 0 Å². The number of benzene rings is 2. The van der Waals surface area contributed by atoms with E-state index in [1.54, 1.807) is 19.2 Å². The molecule has 2 aromatic rings. The first-order valence-electron chi connectivity index (χ1n) is 8.61. The summed E-state index contributed by atoms with van der Waals surface area (Å²) < 4.78 is 5.15. The van der Waals surface area contributed by atoms with E-state index in [0.29, 0.717) is 5.75 Å². The van der Waals surface area contributed by atoms with Crippen molar-refractivity contribution in [2.75, 3.05) is 7.11 Å². The van der Waals surface area contributed by atoms with Gasteiger partial charge in [0.1, 0.15) is 11.5 Å². The number of rotatable bonds is 5. The van der Waals surface area contributed by atoms with Crippen LogP contribution in [-0.4, -0.2) is 23.9 Å². The zero-order chi connectivity index (χ0) is 18.5. The molecule has 134 valence electrons. The second-order valence-electron chi connectivity index (χ2n) is 6.54. The van der Waals surface area contributed by atoms with E-state index < -0.39 is 17.9 Å². The van der Waals surface area contributed by atoms with Crippen molar-refractivity contribution in [3.63, 3.8) is 0 Å². The summed E-state index contributed by atoms with van der Waals surface area (Å²) in [6.45, 7) is 0. The lowest BCUT2D eigenvalue weighted by Crippen LogP contribution is -2.40. The van der Waals surface area contributed by atoms with E-state index in [-0.39, 0.29) is 23.5 Å². The zero-order valence-corrected chi connectivity index (χ0v) is 14.6. The summed E-state index contributed by atoms with van der Waals surface area (Å²) in [6.07, 6.45) is 4.09. The molecule has 3 atom stereocenters. The van der Waals surface area contributed by atoms with Crippen molar-refractivity contribution in [3.8, 4) is 5.75 Å². The molecule has 0 unspecified atom stereocenters. The molecule has 0 saturated heterocycles. The van der Waals surface area contributed by atoms with E-state index in [1.165, 1.54) is 0 Å². The molecule has 0 amide bonds. The van der Waals surface area contributed by atoms with Crippen LogP contribution in [0.25, 0.3) is 6.08 Å². The van der Waals surface area contributed by atoms with Gasteiger partial charge in [0.05, 0.1) is 18.9 Å². The van der Waals surface area contributed by atoms with E-state index >= 15 is 0 Å². The first-order chi connectivity index (χ1) is 12.6. The average molecular weight is 351 g/mol. The number of nitrogens with zero attached hydrogens (tertiary/aromatic N) is 1. The van der Waals surface area contributed by atoms with Crippen molar-refractivity contribution < 1.29 is 14.5 Å². The Morgan fingerprint density at radius 1 is 1.08 bits per heavy atom. The molecule has 0 heterocycles. The number of carbonyl (C=O) groups excluding carboxylic acids is 1. The first-order valence-corrected chi connectivity index (χ1v) is 8.61. The number of hydrogen-bond donors (Lipinski definition) is 0. The molecule has 1 aliphatic rings. The molecule has 3 rings (SSSR count). The maximum absolute atomic E-state index is 12.3. The molecule has 0 aromatic heterocycles. The normalized spacial score (nSPS) is 23.1. The van der Waals surface area contributed by atoms with Gasteiger partial charge in [0, 0.05) is 17.8 Å². The van der Waals surface area contributed by atoms with E-state index in [2.05, 4.69) is 0 Å². The predicted molar refractivity (Wildman–Crippen MR) is 99.7 cm³/mol. The van der Waals surface area contributed by atoms with Gasteiger partial charge in [0.15, 0.2) is 0 Å². The molecule has 2 aromatic carbocycles. The average Bonchev–Trinajstić information content (AvgIpc) is 2.66. The molecular weight excluding hydrogens is 330 g/mol. The lowest BCUT2D eigenvalue weighted by Gasteiger charge is -2.30. The smallest absolute Gasteiger partial charge is 0.226 e. The van der Waals surface area contributed by atoms with Crippen molar-refractivity contribution in [1.29, 1.82) is 0 Å². The maximum Gasteiger partial charge on any atom is 0.226 e. The number of carbonyl (C=O) groups is 1. The summed E-state index contributed by atoms with van der Waals surface area (Å²) in [5, 5.41) is 11.8. The lowest BCUT2D eigenvalue weighted by molar-refractivity contribution is -0.535. The largest absolute Gasteiger partial charge is 0.497 e. The molecule has 0 N–H and O–H groups in total. The van der Waals surface area contributed by atoms with Crippen molar-refractivity contribution >= 4 is 11.9 Å². The van der Waals surface area contributed by atoms with Gasteiger partial charge in [0.2, 0.25) is 6.04 Å². The molecule has 0 spiro atoms. The molecular formula is C21H21NO4. The van der Waals surface area contributed by atoms with Gasteiger partial charge in [-0.15, -0.1) is 0 Å². The predicted octanol–water partition coefficient (Wildman–Crippen LogP) is 4.12. The Labute approximate surface area is 152 Å². The van der Waals surface area contributed by atoms with Gasteiger partial charge in [-0.3, -0.25) is 14.9 Å². The van der Waals surface area contributed by atoms with E-state index in [9.17, 15) is 14.9 Å². The molecule has 5 nitrogen and oxygen atoms in total. The minimum absolute atomic E-state index is 0.0617. The minimum atomic E-state index is -0.818. The highest BCUT2D eigenvalue weighted by molar-refractivity contribution is 5.81. The van der Waals surface area contributed by atoms with Gasteiger partial charge >= 0.3 is 0 Å². The summed E-state index contributed by atoms with van der Waals surface area (Å²) >= 11 is 0. The van der Waals surface area contributed by atoms with Crippen LogP contribution in [-0.2, 0) is 4.79 Å². The van der Waals surface area contributed by atoms with Crippen LogP contribution in [0.1, 0.15) is 29.9 Å². The quantitative estimate of drug-likeness (QED) is 0.600. The van der Waals surface area contributed by atoms with E-state index in [1.807, 2.05) is 54.6 Å². The fourth-order valence-corrected chi connectivity index (χ4v) is 3.58. The Bertz CT molecular complexity index is 799. The van der Waals surface area contributed by atoms with Crippen molar-refractivity contribution in [2.45, 2.75) is 24.8 Å². The molecule has 26 heavy (non-hydrogen) atoms. The van der Waals surface area contributed by atoms with Gasteiger partial charge in [-0.1, -0.05) is 54.6 Å². The van der Waals surface area contributed by atoms with E-state index in [0.717, 1.165) is 11.1 Å². The third-order valence-corrected chi connectivity index (χ3v) is 4.88. The summed E-state index contributed by atoms with van der Waals surface area (Å²) in [7, 11) is 1.57. The van der Waals surface area contributed by atoms with Crippen LogP contribution in [0, 0.1) is 16.0 Å². The highest BCUT2D eigenvalue weighted by Gasteiger charge is 2.44. The Balaban J connectivity index is 1.90. The van der Waals surface area contributed by atoms with Crippen LogP contribution < -0.4 is 4.74 Å². The number of Topliss-reactive ketones (excluding diaryl/α,β-unsaturated/α-hetero) is 1. The van der Waals surface area contributed by atoms with Gasteiger partial charge < -0.3 is 4.74 Å². The third kappa shape index (κ3) is 3.99. The number of hydrogen-bond acceptors (Lipinski definition) is 4. The Hall–Kier alpha value is -2.95.